The number of aryl methyl sites for hydroxylation is 1. The van der Waals surface area contributed by atoms with Gasteiger partial charge in [-0.05, 0) is 44.4 Å². The molecule has 1 aromatic carbocycles. The summed E-state index contributed by atoms with van der Waals surface area (Å²) >= 11 is 0. The van der Waals surface area contributed by atoms with Gasteiger partial charge in [0.15, 0.2) is 0 Å². The van der Waals surface area contributed by atoms with Crippen molar-refractivity contribution in [3.8, 4) is 0 Å². The van der Waals surface area contributed by atoms with Crippen LogP contribution in [-0.4, -0.2) is 15.3 Å². The lowest BCUT2D eigenvalue weighted by atomic mass is 10.1. The van der Waals surface area contributed by atoms with Gasteiger partial charge in [-0.25, -0.2) is 0 Å². The summed E-state index contributed by atoms with van der Waals surface area (Å²) in [5.41, 5.74) is 1.78. The molecule has 0 saturated carbocycles. The van der Waals surface area contributed by atoms with Crippen molar-refractivity contribution in [3.63, 3.8) is 0 Å². The highest BCUT2D eigenvalue weighted by atomic mass is 16.3. The Morgan fingerprint density at radius 2 is 2.00 bits per heavy atom. The highest BCUT2D eigenvalue weighted by Gasteiger charge is 2.14. The fourth-order valence-electron chi connectivity index (χ4n) is 1.87. The Morgan fingerprint density at radius 3 is 2.67 bits per heavy atom. The van der Waals surface area contributed by atoms with Gasteiger partial charge in [0.2, 0.25) is 0 Å². The molecule has 1 aromatic heterocycles. The van der Waals surface area contributed by atoms with Gasteiger partial charge in [-0.2, -0.15) is 0 Å². The molecule has 1 N–H and O–H groups in total. The van der Waals surface area contributed by atoms with E-state index in [4.69, 9.17) is 0 Å². The van der Waals surface area contributed by atoms with Gasteiger partial charge < -0.3 is 9.67 Å². The standard InChI is InChI=1S/C13H17NO/c1-10-4-5-12-11(8-10)6-7-14(12)9-13(2,3)15/h4-8,15H,9H2,1-3H3. The average molecular weight is 203 g/mol. The van der Waals surface area contributed by atoms with Crippen LogP contribution in [0.15, 0.2) is 30.5 Å². The molecular formula is C13H17NO. The van der Waals surface area contributed by atoms with Crippen molar-refractivity contribution in [1.29, 1.82) is 0 Å². The van der Waals surface area contributed by atoms with E-state index >= 15 is 0 Å². The molecule has 0 aliphatic carbocycles. The summed E-state index contributed by atoms with van der Waals surface area (Å²) in [6.45, 7) is 6.37. The zero-order valence-corrected chi connectivity index (χ0v) is 9.49. The van der Waals surface area contributed by atoms with E-state index in [1.54, 1.807) is 0 Å². The van der Waals surface area contributed by atoms with Crippen LogP contribution in [0.1, 0.15) is 19.4 Å². The fraction of sp³-hybridized carbons (Fsp3) is 0.385. The Balaban J connectivity index is 2.45. The predicted octanol–water partition coefficient (Wildman–Crippen LogP) is 2.72. The number of benzene rings is 1. The second-order valence-corrected chi connectivity index (χ2v) is 4.82. The van der Waals surface area contributed by atoms with Crippen molar-refractivity contribution in [3.05, 3.63) is 36.0 Å². The first-order valence-corrected chi connectivity index (χ1v) is 5.24. The monoisotopic (exact) mass is 203 g/mol. The van der Waals surface area contributed by atoms with Gasteiger partial charge in [-0.3, -0.25) is 0 Å². The maximum Gasteiger partial charge on any atom is 0.0769 e. The van der Waals surface area contributed by atoms with Gasteiger partial charge in [-0.1, -0.05) is 11.6 Å². The van der Waals surface area contributed by atoms with E-state index in [-0.39, 0.29) is 0 Å². The van der Waals surface area contributed by atoms with Gasteiger partial charge in [-0.15, -0.1) is 0 Å². The van der Waals surface area contributed by atoms with Crippen LogP contribution in [0.3, 0.4) is 0 Å². The Morgan fingerprint density at radius 1 is 1.27 bits per heavy atom. The smallest absolute Gasteiger partial charge is 0.0769 e. The van der Waals surface area contributed by atoms with E-state index in [0.29, 0.717) is 6.54 Å². The molecule has 0 aliphatic rings. The van der Waals surface area contributed by atoms with Crippen molar-refractivity contribution in [2.24, 2.45) is 0 Å². The number of aromatic nitrogens is 1. The molecule has 1 heterocycles. The minimum atomic E-state index is -0.670. The average Bonchev–Trinajstić information content (AvgIpc) is 2.45. The summed E-state index contributed by atoms with van der Waals surface area (Å²) in [7, 11) is 0. The van der Waals surface area contributed by atoms with Gasteiger partial charge in [0, 0.05) is 11.7 Å². The van der Waals surface area contributed by atoms with Crippen LogP contribution in [0.4, 0.5) is 0 Å². The first kappa shape index (κ1) is 10.2. The van der Waals surface area contributed by atoms with Crippen LogP contribution in [0.5, 0.6) is 0 Å². The normalized spacial score (nSPS) is 12.3. The summed E-state index contributed by atoms with van der Waals surface area (Å²) in [6, 6.07) is 8.46. The predicted molar refractivity (Wildman–Crippen MR) is 63.0 cm³/mol. The van der Waals surface area contributed by atoms with Crippen LogP contribution < -0.4 is 0 Å². The largest absolute Gasteiger partial charge is 0.389 e. The molecule has 80 valence electrons. The second-order valence-electron chi connectivity index (χ2n) is 4.82. The summed E-state index contributed by atoms with van der Waals surface area (Å²) in [4.78, 5) is 0. The van der Waals surface area contributed by atoms with Crippen molar-refractivity contribution in [1.82, 2.24) is 4.57 Å². The van der Waals surface area contributed by atoms with Crippen molar-refractivity contribution >= 4 is 10.9 Å². The number of rotatable bonds is 2. The van der Waals surface area contributed by atoms with Crippen molar-refractivity contribution in [2.45, 2.75) is 32.9 Å². The molecule has 0 aliphatic heterocycles. The molecule has 0 bridgehead atoms. The summed E-state index contributed by atoms with van der Waals surface area (Å²) in [5, 5.41) is 11.0. The van der Waals surface area contributed by atoms with Crippen molar-refractivity contribution < 1.29 is 5.11 Å². The zero-order chi connectivity index (χ0) is 11.1. The van der Waals surface area contributed by atoms with Crippen molar-refractivity contribution in [2.75, 3.05) is 0 Å². The fourth-order valence-corrected chi connectivity index (χ4v) is 1.87. The van der Waals surface area contributed by atoms with Crippen LogP contribution in [0.2, 0.25) is 0 Å². The minimum absolute atomic E-state index is 0.625. The Bertz CT molecular complexity index is 477. The van der Waals surface area contributed by atoms with Gasteiger partial charge in [0.05, 0.1) is 12.1 Å². The van der Waals surface area contributed by atoms with E-state index in [9.17, 15) is 5.11 Å². The van der Waals surface area contributed by atoms with E-state index in [2.05, 4.69) is 35.8 Å². The van der Waals surface area contributed by atoms with Crippen LogP contribution in [-0.2, 0) is 6.54 Å². The first-order valence-electron chi connectivity index (χ1n) is 5.24. The molecule has 0 saturated heterocycles. The molecule has 0 spiro atoms. The SMILES string of the molecule is Cc1ccc2c(ccn2CC(C)(C)O)c1. The molecule has 2 aromatic rings. The molecule has 0 atom stereocenters. The van der Waals surface area contributed by atoms with Crippen LogP contribution in [0, 0.1) is 6.92 Å². The topological polar surface area (TPSA) is 25.2 Å². The third-order valence-corrected chi connectivity index (χ3v) is 2.48. The summed E-state index contributed by atoms with van der Waals surface area (Å²) in [6.07, 6.45) is 2.03. The Labute approximate surface area is 90.2 Å². The number of nitrogens with zero attached hydrogens (tertiary/aromatic N) is 1. The molecule has 2 nitrogen and oxygen atoms in total. The third kappa shape index (κ3) is 2.21. The lowest BCUT2D eigenvalue weighted by molar-refractivity contribution is 0.0628. The van der Waals surface area contributed by atoms with E-state index in [0.717, 1.165) is 0 Å². The maximum atomic E-state index is 9.78. The second kappa shape index (κ2) is 3.38. The molecule has 0 radical (unpaired) electrons. The van der Waals surface area contributed by atoms with Gasteiger partial charge >= 0.3 is 0 Å². The maximum absolute atomic E-state index is 9.78. The number of hydrogen-bond acceptors (Lipinski definition) is 1. The number of aliphatic hydroxyl groups is 1. The highest BCUT2D eigenvalue weighted by Crippen LogP contribution is 2.19. The summed E-state index contributed by atoms with van der Waals surface area (Å²) in [5.74, 6) is 0. The van der Waals surface area contributed by atoms with Crippen LogP contribution >= 0.6 is 0 Å². The Hall–Kier alpha value is -1.28. The molecule has 0 unspecified atom stereocenters. The molecule has 2 rings (SSSR count). The van der Waals surface area contributed by atoms with E-state index < -0.39 is 5.60 Å². The quantitative estimate of drug-likeness (QED) is 0.797. The lowest BCUT2D eigenvalue weighted by Crippen LogP contribution is -2.25. The van der Waals surface area contributed by atoms with E-state index in [1.165, 1.54) is 16.5 Å². The molecule has 0 fully saturated rings. The van der Waals surface area contributed by atoms with Gasteiger partial charge in [0.1, 0.15) is 0 Å². The zero-order valence-electron chi connectivity index (χ0n) is 9.49. The molecular weight excluding hydrogens is 186 g/mol. The Kier molecular flexibility index (Phi) is 2.31. The third-order valence-electron chi connectivity index (χ3n) is 2.48. The van der Waals surface area contributed by atoms with Crippen LogP contribution in [0.25, 0.3) is 10.9 Å². The first-order chi connectivity index (χ1) is 6.96. The number of hydrogen-bond donors (Lipinski definition) is 1. The summed E-state index contributed by atoms with van der Waals surface area (Å²) < 4.78 is 2.09. The van der Waals surface area contributed by atoms with E-state index in [1.807, 2.05) is 20.0 Å². The molecule has 15 heavy (non-hydrogen) atoms. The van der Waals surface area contributed by atoms with Gasteiger partial charge in [0.25, 0.3) is 0 Å². The number of fused-ring (bicyclic) bond motifs is 1. The molecule has 2 heteroatoms. The lowest BCUT2D eigenvalue weighted by Gasteiger charge is -2.18. The molecule has 0 amide bonds. The highest BCUT2D eigenvalue weighted by molar-refractivity contribution is 5.80. The minimum Gasteiger partial charge on any atom is -0.389 e.